The molecule has 0 saturated heterocycles. The molecule has 112 valence electrons. The number of aliphatic hydroxyl groups excluding tert-OH is 1. The number of nitrogens with two attached hydrogens (primary N) is 1. The first-order valence-electron chi connectivity index (χ1n) is 6.69. The lowest BCUT2D eigenvalue weighted by Gasteiger charge is -2.21. The Kier molecular flexibility index (Phi) is 4.86. The molecule has 2 nitrogen and oxygen atoms in total. The highest BCUT2D eigenvalue weighted by molar-refractivity contribution is 8.00. The average Bonchev–Trinajstić information content (AvgIpc) is 2.56. The maximum Gasteiger partial charge on any atom is 0.416 e. The molecule has 0 heterocycles. The number of alkyl halides is 3. The zero-order chi connectivity index (χ0) is 14.8. The molecule has 1 aliphatic rings. The summed E-state index contributed by atoms with van der Waals surface area (Å²) in [7, 11) is 0. The van der Waals surface area contributed by atoms with Crippen molar-refractivity contribution in [2.45, 2.75) is 54.5 Å². The predicted molar refractivity (Wildman–Crippen MR) is 74.6 cm³/mol. The van der Waals surface area contributed by atoms with Gasteiger partial charge in [-0.05, 0) is 31.0 Å². The number of rotatable bonds is 2. The van der Waals surface area contributed by atoms with Crippen LogP contribution in [0.3, 0.4) is 0 Å². The quantitative estimate of drug-likeness (QED) is 0.639. The summed E-state index contributed by atoms with van der Waals surface area (Å²) in [4.78, 5) is 0.615. The number of halogens is 3. The van der Waals surface area contributed by atoms with Crippen LogP contribution in [0.15, 0.2) is 23.1 Å². The second-order valence-electron chi connectivity index (χ2n) is 5.11. The maximum atomic E-state index is 12.6. The molecular weight excluding hydrogens is 287 g/mol. The molecule has 0 radical (unpaired) electrons. The molecule has 0 amide bonds. The van der Waals surface area contributed by atoms with Crippen molar-refractivity contribution >= 4 is 17.4 Å². The molecule has 0 aromatic heterocycles. The largest absolute Gasteiger partial charge is 0.416 e. The van der Waals surface area contributed by atoms with Crippen molar-refractivity contribution in [3.05, 3.63) is 23.8 Å². The minimum absolute atomic E-state index is 0.0107. The fourth-order valence-corrected chi connectivity index (χ4v) is 3.63. The van der Waals surface area contributed by atoms with Gasteiger partial charge in [-0.1, -0.05) is 19.3 Å². The Bertz CT molecular complexity index is 464. The van der Waals surface area contributed by atoms with Crippen LogP contribution in [0.1, 0.15) is 37.7 Å². The van der Waals surface area contributed by atoms with Crippen molar-refractivity contribution in [2.24, 2.45) is 0 Å². The van der Waals surface area contributed by atoms with Crippen molar-refractivity contribution in [3.8, 4) is 0 Å². The second-order valence-corrected chi connectivity index (χ2v) is 6.39. The Balaban J connectivity index is 2.13. The molecule has 2 atom stereocenters. The molecule has 1 fully saturated rings. The van der Waals surface area contributed by atoms with Gasteiger partial charge in [-0.25, -0.2) is 0 Å². The van der Waals surface area contributed by atoms with Crippen molar-refractivity contribution in [3.63, 3.8) is 0 Å². The van der Waals surface area contributed by atoms with Crippen LogP contribution in [0.4, 0.5) is 18.9 Å². The fraction of sp³-hybridized carbons (Fsp3) is 0.571. The second kappa shape index (κ2) is 6.26. The molecule has 3 N–H and O–H groups in total. The number of nitrogen functional groups attached to an aromatic ring is 1. The number of anilines is 1. The van der Waals surface area contributed by atoms with E-state index in [0.29, 0.717) is 4.90 Å². The molecule has 0 bridgehead atoms. The Labute approximate surface area is 120 Å². The third-order valence-corrected chi connectivity index (χ3v) is 5.01. The summed E-state index contributed by atoms with van der Waals surface area (Å²) in [5.41, 5.74) is 5.11. The number of aliphatic hydroxyl groups is 1. The van der Waals surface area contributed by atoms with Crippen LogP contribution in [-0.4, -0.2) is 16.5 Å². The summed E-state index contributed by atoms with van der Waals surface area (Å²) in [6.45, 7) is 0. The van der Waals surface area contributed by atoms with Crippen molar-refractivity contribution in [1.82, 2.24) is 0 Å². The lowest BCUT2D eigenvalue weighted by Crippen LogP contribution is -2.21. The summed E-state index contributed by atoms with van der Waals surface area (Å²) in [5.74, 6) is 0. The third kappa shape index (κ3) is 3.82. The molecule has 1 saturated carbocycles. The van der Waals surface area contributed by atoms with Crippen molar-refractivity contribution in [2.75, 3.05) is 5.73 Å². The average molecular weight is 305 g/mol. The predicted octanol–water partition coefficient (Wildman–Crippen LogP) is 4.07. The smallest absolute Gasteiger partial charge is 0.398 e. The van der Waals surface area contributed by atoms with E-state index >= 15 is 0 Å². The highest BCUT2D eigenvalue weighted by Gasteiger charge is 2.31. The van der Waals surface area contributed by atoms with Gasteiger partial charge in [0.1, 0.15) is 0 Å². The van der Waals surface area contributed by atoms with Gasteiger partial charge in [-0.2, -0.15) is 13.2 Å². The van der Waals surface area contributed by atoms with Crippen LogP contribution in [0.5, 0.6) is 0 Å². The Hall–Kier alpha value is -0.880. The highest BCUT2D eigenvalue weighted by Crippen LogP contribution is 2.38. The van der Waals surface area contributed by atoms with Crippen LogP contribution in [0.2, 0.25) is 0 Å². The summed E-state index contributed by atoms with van der Waals surface area (Å²) >= 11 is 1.39. The van der Waals surface area contributed by atoms with Gasteiger partial charge in [-0.3, -0.25) is 0 Å². The topological polar surface area (TPSA) is 46.2 Å². The first-order chi connectivity index (χ1) is 9.38. The molecule has 1 aliphatic carbocycles. The SMILES string of the molecule is Nc1cc(C(F)(F)F)ccc1SC1CCCCCC1O. The molecule has 0 aliphatic heterocycles. The normalized spacial score (nSPS) is 24.4. The monoisotopic (exact) mass is 305 g/mol. The van der Waals surface area contributed by atoms with Crippen LogP contribution >= 0.6 is 11.8 Å². The lowest BCUT2D eigenvalue weighted by molar-refractivity contribution is -0.137. The van der Waals surface area contributed by atoms with E-state index in [0.717, 1.165) is 44.2 Å². The van der Waals surface area contributed by atoms with Gasteiger partial charge in [0.2, 0.25) is 0 Å². The van der Waals surface area contributed by atoms with Gasteiger partial charge in [0, 0.05) is 15.8 Å². The Morgan fingerprint density at radius 1 is 1.15 bits per heavy atom. The summed E-state index contributed by atoms with van der Waals surface area (Å²) in [6.07, 6.45) is -0.0415. The maximum absolute atomic E-state index is 12.6. The van der Waals surface area contributed by atoms with Crippen molar-refractivity contribution < 1.29 is 18.3 Å². The zero-order valence-corrected chi connectivity index (χ0v) is 11.8. The minimum Gasteiger partial charge on any atom is -0.398 e. The van der Waals surface area contributed by atoms with E-state index in [-0.39, 0.29) is 10.9 Å². The van der Waals surface area contributed by atoms with Gasteiger partial charge < -0.3 is 10.8 Å². The van der Waals surface area contributed by atoms with Gasteiger partial charge in [0.15, 0.2) is 0 Å². The Morgan fingerprint density at radius 3 is 2.50 bits per heavy atom. The van der Waals surface area contributed by atoms with Gasteiger partial charge in [0.05, 0.1) is 11.7 Å². The van der Waals surface area contributed by atoms with E-state index in [1.54, 1.807) is 0 Å². The van der Waals surface area contributed by atoms with E-state index in [2.05, 4.69) is 0 Å². The molecule has 2 rings (SSSR count). The van der Waals surface area contributed by atoms with Crippen LogP contribution < -0.4 is 5.73 Å². The van der Waals surface area contributed by atoms with Crippen LogP contribution in [-0.2, 0) is 6.18 Å². The number of hydrogen-bond donors (Lipinski definition) is 2. The molecule has 0 spiro atoms. The third-order valence-electron chi connectivity index (χ3n) is 3.53. The number of benzene rings is 1. The van der Waals surface area contributed by atoms with Crippen LogP contribution in [0.25, 0.3) is 0 Å². The lowest BCUT2D eigenvalue weighted by atomic mass is 10.1. The zero-order valence-electron chi connectivity index (χ0n) is 11.0. The summed E-state index contributed by atoms with van der Waals surface area (Å²) in [5, 5.41) is 10.1. The molecule has 1 aromatic rings. The Morgan fingerprint density at radius 2 is 1.85 bits per heavy atom. The van der Waals surface area contributed by atoms with E-state index < -0.39 is 17.8 Å². The molecule has 1 aromatic carbocycles. The molecular formula is C14H18F3NOS. The highest BCUT2D eigenvalue weighted by atomic mass is 32.2. The first-order valence-corrected chi connectivity index (χ1v) is 7.57. The van der Waals surface area contributed by atoms with Crippen molar-refractivity contribution in [1.29, 1.82) is 0 Å². The molecule has 2 unspecified atom stereocenters. The van der Waals surface area contributed by atoms with Gasteiger partial charge in [-0.15, -0.1) is 11.8 Å². The summed E-state index contributed by atoms with van der Waals surface area (Å²) < 4.78 is 37.7. The van der Waals surface area contributed by atoms with Gasteiger partial charge >= 0.3 is 6.18 Å². The molecule has 6 heteroatoms. The summed E-state index contributed by atoms with van der Waals surface area (Å²) in [6, 6.07) is 3.41. The van der Waals surface area contributed by atoms with E-state index in [4.69, 9.17) is 5.73 Å². The number of thioether (sulfide) groups is 1. The standard InChI is InChI=1S/C14H18F3NOS/c15-14(16,17)9-6-7-12(10(18)8-9)20-13-5-3-1-2-4-11(13)19/h6-8,11,13,19H,1-5,18H2. The minimum atomic E-state index is -4.38. The molecule has 20 heavy (non-hydrogen) atoms. The number of hydrogen-bond acceptors (Lipinski definition) is 3. The fourth-order valence-electron chi connectivity index (χ4n) is 2.39. The van der Waals surface area contributed by atoms with E-state index in [9.17, 15) is 18.3 Å². The van der Waals surface area contributed by atoms with Crippen LogP contribution in [0, 0.1) is 0 Å². The van der Waals surface area contributed by atoms with Gasteiger partial charge in [0.25, 0.3) is 0 Å². The first kappa shape index (κ1) is 15.5. The van der Waals surface area contributed by atoms with E-state index in [1.807, 2.05) is 0 Å². The van der Waals surface area contributed by atoms with E-state index in [1.165, 1.54) is 17.8 Å².